The predicted molar refractivity (Wildman–Crippen MR) is 104 cm³/mol. The van der Waals surface area contributed by atoms with Gasteiger partial charge in [0.05, 0.1) is 6.42 Å². The lowest BCUT2D eigenvalue weighted by Gasteiger charge is -2.27. The van der Waals surface area contributed by atoms with Gasteiger partial charge in [0, 0.05) is 50.0 Å². The Morgan fingerprint density at radius 2 is 1.70 bits per heavy atom. The van der Waals surface area contributed by atoms with E-state index in [1.807, 2.05) is 32.9 Å². The lowest BCUT2D eigenvalue weighted by molar-refractivity contribution is -0.117. The molecule has 3 rings (SSSR count). The van der Waals surface area contributed by atoms with Gasteiger partial charge < -0.3 is 20.0 Å². The van der Waals surface area contributed by atoms with Gasteiger partial charge in [0.2, 0.25) is 5.91 Å². The maximum atomic E-state index is 12.9. The molecule has 0 unspecified atom stereocenters. The maximum Gasteiger partial charge on any atom is 0.317 e. The number of benzene rings is 1. The fourth-order valence-corrected chi connectivity index (χ4v) is 3.51. The molecule has 1 aromatic carbocycles. The molecule has 0 aliphatic carbocycles. The van der Waals surface area contributed by atoms with Gasteiger partial charge in [-0.1, -0.05) is 0 Å². The molecule has 1 saturated heterocycles. The van der Waals surface area contributed by atoms with Crippen LogP contribution in [0.3, 0.4) is 0 Å². The van der Waals surface area contributed by atoms with Crippen LogP contribution in [0.15, 0.2) is 18.2 Å². The molecule has 0 aromatic heterocycles. The molecule has 27 heavy (non-hydrogen) atoms. The third-order valence-electron chi connectivity index (χ3n) is 4.96. The second kappa shape index (κ2) is 7.21. The average molecular weight is 372 g/mol. The molecule has 0 atom stereocenters. The van der Waals surface area contributed by atoms with Crippen molar-refractivity contribution in [2.24, 2.45) is 0 Å². The SMILES string of the molecule is CN1C(=O)Cc2cc(C(=O)N3CCCN(C(=O)NC(C)(C)C)CC3)ccc21. The van der Waals surface area contributed by atoms with Crippen molar-refractivity contribution in [3.63, 3.8) is 0 Å². The lowest BCUT2D eigenvalue weighted by Crippen LogP contribution is -2.49. The van der Waals surface area contributed by atoms with Crippen LogP contribution in [0.5, 0.6) is 0 Å². The molecule has 7 nitrogen and oxygen atoms in total. The van der Waals surface area contributed by atoms with E-state index in [0.717, 1.165) is 17.7 Å². The van der Waals surface area contributed by atoms with Crippen molar-refractivity contribution in [3.8, 4) is 0 Å². The molecule has 0 bridgehead atoms. The first-order valence-corrected chi connectivity index (χ1v) is 9.41. The number of rotatable bonds is 1. The van der Waals surface area contributed by atoms with E-state index in [1.165, 1.54) is 0 Å². The van der Waals surface area contributed by atoms with Crippen molar-refractivity contribution in [2.75, 3.05) is 38.1 Å². The van der Waals surface area contributed by atoms with E-state index in [-0.39, 0.29) is 23.4 Å². The Bertz CT molecular complexity index is 769. The predicted octanol–water partition coefficient (Wildman–Crippen LogP) is 1.86. The van der Waals surface area contributed by atoms with Gasteiger partial charge in [0.1, 0.15) is 0 Å². The Morgan fingerprint density at radius 3 is 2.41 bits per heavy atom. The first-order valence-electron chi connectivity index (χ1n) is 9.41. The third-order valence-corrected chi connectivity index (χ3v) is 4.96. The number of urea groups is 1. The van der Waals surface area contributed by atoms with Gasteiger partial charge in [-0.2, -0.15) is 0 Å². The van der Waals surface area contributed by atoms with Crippen LogP contribution >= 0.6 is 0 Å². The number of nitrogens with zero attached hydrogens (tertiary/aromatic N) is 3. The standard InChI is InChI=1S/C20H28N4O3/c1-20(2,3)21-19(27)24-9-5-8-23(10-11-24)18(26)14-6-7-16-15(12-14)13-17(25)22(16)4/h6-7,12H,5,8-11,13H2,1-4H3,(H,21,27). The van der Waals surface area contributed by atoms with E-state index >= 15 is 0 Å². The minimum atomic E-state index is -0.284. The van der Waals surface area contributed by atoms with Crippen molar-refractivity contribution in [2.45, 2.75) is 39.2 Å². The molecule has 2 aliphatic rings. The third kappa shape index (κ3) is 4.23. The monoisotopic (exact) mass is 372 g/mol. The first-order chi connectivity index (χ1) is 12.7. The fourth-order valence-electron chi connectivity index (χ4n) is 3.51. The Kier molecular flexibility index (Phi) is 5.13. The van der Waals surface area contributed by atoms with Crippen molar-refractivity contribution >= 4 is 23.5 Å². The summed E-state index contributed by atoms with van der Waals surface area (Å²) in [4.78, 5) is 42.3. The van der Waals surface area contributed by atoms with Gasteiger partial charge in [-0.3, -0.25) is 9.59 Å². The number of hydrogen-bond acceptors (Lipinski definition) is 3. The minimum Gasteiger partial charge on any atom is -0.337 e. The number of fused-ring (bicyclic) bond motifs is 1. The molecule has 0 saturated carbocycles. The Labute approximate surface area is 160 Å². The highest BCUT2D eigenvalue weighted by atomic mass is 16.2. The highest BCUT2D eigenvalue weighted by molar-refractivity contribution is 6.03. The van der Waals surface area contributed by atoms with Crippen LogP contribution in [0.2, 0.25) is 0 Å². The molecule has 7 heteroatoms. The summed E-state index contributed by atoms with van der Waals surface area (Å²) in [5.41, 5.74) is 2.09. The number of amides is 4. The summed E-state index contributed by atoms with van der Waals surface area (Å²) >= 11 is 0. The van der Waals surface area contributed by atoms with Gasteiger partial charge >= 0.3 is 6.03 Å². The van der Waals surface area contributed by atoms with Crippen LogP contribution in [0, 0.1) is 0 Å². The van der Waals surface area contributed by atoms with Crippen LogP contribution in [0.25, 0.3) is 0 Å². The molecule has 0 radical (unpaired) electrons. The van der Waals surface area contributed by atoms with Crippen molar-refractivity contribution < 1.29 is 14.4 Å². The number of anilines is 1. The van der Waals surface area contributed by atoms with E-state index < -0.39 is 0 Å². The summed E-state index contributed by atoms with van der Waals surface area (Å²) < 4.78 is 0. The number of carbonyl (C=O) groups is 3. The Balaban J connectivity index is 1.66. The van der Waals surface area contributed by atoms with Gasteiger partial charge in [-0.05, 0) is 51.0 Å². The number of likely N-dealkylation sites (N-methyl/N-ethyl adjacent to an activating group) is 1. The van der Waals surface area contributed by atoms with Crippen LogP contribution in [-0.2, 0) is 11.2 Å². The number of hydrogen-bond donors (Lipinski definition) is 1. The van der Waals surface area contributed by atoms with E-state index in [1.54, 1.807) is 27.8 Å². The van der Waals surface area contributed by atoms with Crippen LogP contribution < -0.4 is 10.2 Å². The first kappa shape index (κ1) is 19.2. The normalized spacial score (nSPS) is 17.6. The quantitative estimate of drug-likeness (QED) is 0.818. The summed E-state index contributed by atoms with van der Waals surface area (Å²) in [5, 5.41) is 2.98. The Morgan fingerprint density at radius 1 is 1.04 bits per heavy atom. The molecule has 1 fully saturated rings. The fraction of sp³-hybridized carbons (Fsp3) is 0.550. The zero-order valence-electron chi connectivity index (χ0n) is 16.5. The summed E-state index contributed by atoms with van der Waals surface area (Å²) in [5.74, 6) is 0.00255. The summed E-state index contributed by atoms with van der Waals surface area (Å²) in [6.07, 6.45) is 1.09. The Hall–Kier alpha value is -2.57. The molecule has 1 N–H and O–H groups in total. The molecule has 1 aromatic rings. The topological polar surface area (TPSA) is 73.0 Å². The molecule has 2 heterocycles. The van der Waals surface area contributed by atoms with Crippen molar-refractivity contribution in [3.05, 3.63) is 29.3 Å². The molecule has 146 valence electrons. The summed E-state index contributed by atoms with van der Waals surface area (Å²) in [6.45, 7) is 8.13. The van der Waals surface area contributed by atoms with Crippen LogP contribution in [0.1, 0.15) is 43.1 Å². The minimum absolute atomic E-state index is 0.0436. The summed E-state index contributed by atoms with van der Waals surface area (Å²) in [6, 6.07) is 5.36. The largest absolute Gasteiger partial charge is 0.337 e. The zero-order valence-corrected chi connectivity index (χ0v) is 16.5. The average Bonchev–Trinajstić information content (AvgIpc) is 2.77. The summed E-state index contributed by atoms with van der Waals surface area (Å²) in [7, 11) is 1.75. The highest BCUT2D eigenvalue weighted by Gasteiger charge is 2.28. The number of nitrogens with one attached hydrogen (secondary N) is 1. The smallest absolute Gasteiger partial charge is 0.317 e. The number of carbonyl (C=O) groups excluding carboxylic acids is 3. The van der Waals surface area contributed by atoms with Gasteiger partial charge in [-0.25, -0.2) is 4.79 Å². The molecule has 2 aliphatic heterocycles. The maximum absolute atomic E-state index is 12.9. The van der Waals surface area contributed by atoms with E-state index in [2.05, 4.69) is 5.32 Å². The second-order valence-electron chi connectivity index (χ2n) is 8.29. The van der Waals surface area contributed by atoms with Crippen molar-refractivity contribution in [1.82, 2.24) is 15.1 Å². The van der Waals surface area contributed by atoms with Crippen LogP contribution in [0.4, 0.5) is 10.5 Å². The highest BCUT2D eigenvalue weighted by Crippen LogP contribution is 2.28. The molecular weight excluding hydrogens is 344 g/mol. The van der Waals surface area contributed by atoms with Gasteiger partial charge in [-0.15, -0.1) is 0 Å². The van der Waals surface area contributed by atoms with Gasteiger partial charge in [0.25, 0.3) is 5.91 Å². The molecular formula is C20H28N4O3. The second-order valence-corrected chi connectivity index (χ2v) is 8.29. The van der Waals surface area contributed by atoms with E-state index in [9.17, 15) is 14.4 Å². The van der Waals surface area contributed by atoms with Gasteiger partial charge in [0.15, 0.2) is 0 Å². The van der Waals surface area contributed by atoms with Crippen LogP contribution in [-0.4, -0.2) is 66.4 Å². The zero-order chi connectivity index (χ0) is 19.8. The van der Waals surface area contributed by atoms with E-state index in [0.29, 0.717) is 38.2 Å². The molecule has 4 amide bonds. The van der Waals surface area contributed by atoms with Crippen molar-refractivity contribution in [1.29, 1.82) is 0 Å². The molecule has 0 spiro atoms. The lowest BCUT2D eigenvalue weighted by atomic mass is 10.1. The van der Waals surface area contributed by atoms with E-state index in [4.69, 9.17) is 0 Å².